The molecule has 6 nitrogen and oxygen atoms in total. The first kappa shape index (κ1) is 22.0. The summed E-state index contributed by atoms with van der Waals surface area (Å²) in [6, 6.07) is 27.3. The quantitative estimate of drug-likeness (QED) is 0.253. The summed E-state index contributed by atoms with van der Waals surface area (Å²) < 4.78 is 4.75. The molecule has 0 bridgehead atoms. The zero-order chi connectivity index (χ0) is 23.8. The Balaban J connectivity index is 1.34. The van der Waals surface area contributed by atoms with Gasteiger partial charge in [-0.05, 0) is 42.0 Å². The zero-order valence-corrected chi connectivity index (χ0v) is 20.7. The van der Waals surface area contributed by atoms with E-state index in [9.17, 15) is 4.79 Å². The number of fused-ring (bicyclic) bond motifs is 3. The van der Waals surface area contributed by atoms with Gasteiger partial charge in [0.2, 0.25) is 0 Å². The fraction of sp³-hybridized carbons (Fsp3) is 0.0769. The van der Waals surface area contributed by atoms with Crippen LogP contribution in [0.4, 0.5) is 0 Å². The second-order valence-corrected chi connectivity index (χ2v) is 10.3. The minimum atomic E-state index is -0.0769. The molecule has 0 spiro atoms. The van der Waals surface area contributed by atoms with Gasteiger partial charge in [-0.2, -0.15) is 0 Å². The van der Waals surface area contributed by atoms with Crippen molar-refractivity contribution >= 4 is 49.9 Å². The molecule has 172 valence electrons. The molecule has 3 aromatic heterocycles. The number of hydrogen-bond donors (Lipinski definition) is 0. The van der Waals surface area contributed by atoms with E-state index in [4.69, 9.17) is 16.6 Å². The topological polar surface area (TPSA) is 65.1 Å². The van der Waals surface area contributed by atoms with Gasteiger partial charge in [0, 0.05) is 29.0 Å². The van der Waals surface area contributed by atoms with Gasteiger partial charge in [-0.25, -0.2) is 4.98 Å². The Morgan fingerprint density at radius 1 is 0.914 bits per heavy atom. The molecule has 0 aliphatic rings. The molecule has 0 atom stereocenters. The number of rotatable bonds is 6. The van der Waals surface area contributed by atoms with Gasteiger partial charge in [-0.3, -0.25) is 13.8 Å². The van der Waals surface area contributed by atoms with Gasteiger partial charge < -0.3 is 0 Å². The van der Waals surface area contributed by atoms with Gasteiger partial charge in [-0.15, -0.1) is 10.2 Å². The molecule has 3 heterocycles. The molecule has 3 aromatic carbocycles. The number of thioether (sulfide) groups is 1. The van der Waals surface area contributed by atoms with E-state index >= 15 is 0 Å². The van der Waals surface area contributed by atoms with Crippen molar-refractivity contribution < 1.29 is 0 Å². The third kappa shape index (κ3) is 4.36. The monoisotopic (exact) mass is 515 g/mol. The summed E-state index contributed by atoms with van der Waals surface area (Å²) in [4.78, 5) is 18.3. The summed E-state index contributed by atoms with van der Waals surface area (Å²) in [5.74, 6) is 1.32. The van der Waals surface area contributed by atoms with Crippen LogP contribution >= 0.6 is 34.7 Å². The Kier molecular flexibility index (Phi) is 5.85. The molecule has 6 rings (SSSR count). The van der Waals surface area contributed by atoms with E-state index in [1.54, 1.807) is 10.5 Å². The van der Waals surface area contributed by atoms with E-state index in [-0.39, 0.29) is 5.56 Å². The lowest BCUT2D eigenvalue weighted by atomic mass is 10.1. The lowest BCUT2D eigenvalue weighted by Crippen LogP contribution is -2.13. The average Bonchev–Trinajstić information content (AvgIpc) is 3.45. The Hall–Kier alpha value is -3.46. The summed E-state index contributed by atoms with van der Waals surface area (Å²) in [6.45, 7) is 0. The van der Waals surface area contributed by atoms with Crippen molar-refractivity contribution in [1.82, 2.24) is 24.1 Å². The molecule has 6 aromatic rings. The van der Waals surface area contributed by atoms with Gasteiger partial charge in [0.15, 0.2) is 10.1 Å². The third-order valence-corrected chi connectivity index (χ3v) is 7.82. The highest BCUT2D eigenvalue weighted by atomic mass is 35.5. The maximum Gasteiger partial charge on any atom is 0.259 e. The van der Waals surface area contributed by atoms with Crippen LogP contribution in [0.2, 0.25) is 5.02 Å². The molecule has 0 amide bonds. The first-order valence-electron chi connectivity index (χ1n) is 10.9. The maximum absolute atomic E-state index is 12.9. The minimum Gasteiger partial charge on any atom is -0.274 e. The fourth-order valence-corrected chi connectivity index (χ4v) is 6.01. The van der Waals surface area contributed by atoms with Crippen LogP contribution in [0.1, 0.15) is 17.1 Å². The predicted molar refractivity (Wildman–Crippen MR) is 142 cm³/mol. The van der Waals surface area contributed by atoms with Crippen molar-refractivity contribution in [1.29, 1.82) is 0 Å². The number of thiazole rings is 1. The largest absolute Gasteiger partial charge is 0.274 e. The number of para-hydroxylation sites is 1. The van der Waals surface area contributed by atoms with Crippen LogP contribution in [-0.4, -0.2) is 24.1 Å². The van der Waals surface area contributed by atoms with E-state index < -0.39 is 0 Å². The normalized spacial score (nSPS) is 11.5. The molecule has 9 heteroatoms. The van der Waals surface area contributed by atoms with Crippen molar-refractivity contribution in [2.75, 3.05) is 0 Å². The lowest BCUT2D eigenvalue weighted by molar-refractivity contribution is 0.847. The summed E-state index contributed by atoms with van der Waals surface area (Å²) in [5.41, 5.74) is 3.60. The highest BCUT2D eigenvalue weighted by Gasteiger charge is 2.16. The SMILES string of the molecule is O=c1cc(CSc2nnc(Cc3ccccc3)n2-c2ccc(Cl)cc2)nc2sc3ccccc3n12. The number of aromatic nitrogens is 5. The molecular formula is C26H18ClN5OS2. The molecule has 0 aliphatic heterocycles. The van der Waals surface area contributed by atoms with Crippen LogP contribution in [-0.2, 0) is 12.2 Å². The van der Waals surface area contributed by atoms with Gasteiger partial charge in [0.1, 0.15) is 5.82 Å². The molecule has 0 saturated carbocycles. The highest BCUT2D eigenvalue weighted by Crippen LogP contribution is 2.28. The minimum absolute atomic E-state index is 0.0769. The molecule has 35 heavy (non-hydrogen) atoms. The highest BCUT2D eigenvalue weighted by molar-refractivity contribution is 7.98. The second-order valence-electron chi connectivity index (χ2n) is 7.94. The Bertz CT molecular complexity index is 1710. The van der Waals surface area contributed by atoms with E-state index in [0.29, 0.717) is 27.9 Å². The standard InChI is InChI=1S/C26H18ClN5OS2/c27-18-10-12-20(13-11-18)31-23(14-17-6-2-1-3-7-17)29-30-26(31)34-16-19-15-24(33)32-21-8-4-5-9-22(21)35-25(32)28-19/h1-13,15H,14,16H2. The molecule has 0 saturated heterocycles. The van der Waals surface area contributed by atoms with Gasteiger partial charge in [-0.1, -0.05) is 77.2 Å². The van der Waals surface area contributed by atoms with Crippen molar-refractivity contribution in [3.05, 3.63) is 117 Å². The summed E-state index contributed by atoms with van der Waals surface area (Å²) in [7, 11) is 0. The Morgan fingerprint density at radius 2 is 1.69 bits per heavy atom. The van der Waals surface area contributed by atoms with Gasteiger partial charge in [0.25, 0.3) is 5.56 Å². The summed E-state index contributed by atoms with van der Waals surface area (Å²) in [6.07, 6.45) is 0.643. The van der Waals surface area contributed by atoms with Crippen LogP contribution in [0.15, 0.2) is 94.9 Å². The van der Waals surface area contributed by atoms with Gasteiger partial charge >= 0.3 is 0 Å². The van der Waals surface area contributed by atoms with Crippen molar-refractivity contribution in [3.8, 4) is 5.69 Å². The van der Waals surface area contributed by atoms with E-state index in [1.165, 1.54) is 23.1 Å². The second kappa shape index (κ2) is 9.30. The predicted octanol–water partition coefficient (Wildman–Crippen LogP) is 6.03. The van der Waals surface area contributed by atoms with E-state index in [1.807, 2.05) is 71.3 Å². The lowest BCUT2D eigenvalue weighted by Gasteiger charge is -2.10. The van der Waals surface area contributed by atoms with E-state index in [0.717, 1.165) is 32.4 Å². The van der Waals surface area contributed by atoms with Gasteiger partial charge in [0.05, 0.1) is 15.9 Å². The first-order valence-corrected chi connectivity index (χ1v) is 13.1. The van der Waals surface area contributed by atoms with Crippen molar-refractivity contribution in [3.63, 3.8) is 0 Å². The number of halogens is 1. The smallest absolute Gasteiger partial charge is 0.259 e. The first-order chi connectivity index (χ1) is 17.2. The zero-order valence-electron chi connectivity index (χ0n) is 18.3. The average molecular weight is 516 g/mol. The van der Waals surface area contributed by atoms with Crippen LogP contribution in [0.5, 0.6) is 0 Å². The summed E-state index contributed by atoms with van der Waals surface area (Å²) in [5, 5.41) is 10.4. The molecule has 0 N–H and O–H groups in total. The molecular weight excluding hydrogens is 498 g/mol. The Morgan fingerprint density at radius 3 is 2.51 bits per heavy atom. The number of hydrogen-bond acceptors (Lipinski definition) is 6. The van der Waals surface area contributed by atoms with Crippen LogP contribution in [0, 0.1) is 0 Å². The van der Waals surface area contributed by atoms with Crippen molar-refractivity contribution in [2.24, 2.45) is 0 Å². The Labute approximate surface area is 213 Å². The molecule has 0 fully saturated rings. The van der Waals surface area contributed by atoms with Crippen LogP contribution in [0.3, 0.4) is 0 Å². The molecule has 0 radical (unpaired) electrons. The maximum atomic E-state index is 12.9. The molecule has 0 unspecified atom stereocenters. The van der Waals surface area contributed by atoms with Crippen LogP contribution < -0.4 is 5.56 Å². The number of benzene rings is 3. The summed E-state index contributed by atoms with van der Waals surface area (Å²) >= 11 is 9.15. The third-order valence-electron chi connectivity index (χ3n) is 5.59. The fourth-order valence-electron chi connectivity index (χ4n) is 3.97. The van der Waals surface area contributed by atoms with Crippen LogP contribution in [0.25, 0.3) is 20.9 Å². The van der Waals surface area contributed by atoms with Crippen molar-refractivity contribution in [2.45, 2.75) is 17.3 Å². The molecule has 0 aliphatic carbocycles. The number of nitrogens with zero attached hydrogens (tertiary/aromatic N) is 5. The van der Waals surface area contributed by atoms with E-state index in [2.05, 4.69) is 22.3 Å².